The lowest BCUT2D eigenvalue weighted by Gasteiger charge is -2.21. The van der Waals surface area contributed by atoms with Crippen LogP contribution in [0.1, 0.15) is 74.9 Å². The lowest BCUT2D eigenvalue weighted by atomic mass is 10.0. The van der Waals surface area contributed by atoms with Crippen molar-refractivity contribution in [3.05, 3.63) is 88.0 Å². The SMILES string of the molecule is CCc1ccc(OB(Oc2ccc(CC)cc2CC)Oc2ccc(CC)cc2CC)c(CC)c1. The van der Waals surface area contributed by atoms with E-state index in [1.165, 1.54) is 16.7 Å². The van der Waals surface area contributed by atoms with Crippen molar-refractivity contribution in [2.75, 3.05) is 0 Å². The van der Waals surface area contributed by atoms with Crippen molar-refractivity contribution >= 4 is 7.32 Å². The Hall–Kier alpha value is -2.88. The molecule has 180 valence electrons. The molecule has 0 aliphatic carbocycles. The largest absolute Gasteiger partial charge is 0.864 e. The smallest absolute Gasteiger partial charge is 0.489 e. The summed E-state index contributed by atoms with van der Waals surface area (Å²) in [5.41, 5.74) is 7.38. The van der Waals surface area contributed by atoms with Gasteiger partial charge in [0, 0.05) is 0 Å². The molecule has 0 heterocycles. The van der Waals surface area contributed by atoms with E-state index in [0.717, 1.165) is 72.5 Å². The van der Waals surface area contributed by atoms with Crippen LogP contribution in [0, 0.1) is 0 Å². The van der Waals surface area contributed by atoms with E-state index in [1.54, 1.807) is 0 Å². The summed E-state index contributed by atoms with van der Waals surface area (Å²) < 4.78 is 19.2. The van der Waals surface area contributed by atoms with Gasteiger partial charge in [-0.25, -0.2) is 0 Å². The van der Waals surface area contributed by atoms with E-state index in [4.69, 9.17) is 14.0 Å². The Bertz CT molecular complexity index is 940. The first-order valence-electron chi connectivity index (χ1n) is 12.9. The quantitative estimate of drug-likeness (QED) is 0.262. The second-order valence-corrected chi connectivity index (χ2v) is 8.59. The second kappa shape index (κ2) is 12.5. The Morgan fingerprint density at radius 1 is 0.441 bits per heavy atom. The number of hydrogen-bond donors (Lipinski definition) is 0. The maximum Gasteiger partial charge on any atom is 0.864 e. The zero-order valence-corrected chi connectivity index (χ0v) is 21.7. The average molecular weight is 458 g/mol. The van der Waals surface area contributed by atoms with Crippen LogP contribution in [0.4, 0.5) is 0 Å². The zero-order valence-electron chi connectivity index (χ0n) is 21.7. The minimum atomic E-state index is -0.895. The molecule has 0 unspecified atom stereocenters. The van der Waals surface area contributed by atoms with E-state index >= 15 is 0 Å². The Balaban J connectivity index is 1.97. The van der Waals surface area contributed by atoms with E-state index in [-0.39, 0.29) is 0 Å². The molecule has 0 saturated carbocycles. The zero-order chi connectivity index (χ0) is 24.5. The molecule has 0 atom stereocenters. The molecule has 0 fully saturated rings. The van der Waals surface area contributed by atoms with Crippen LogP contribution in [0.15, 0.2) is 54.6 Å². The highest BCUT2D eigenvalue weighted by Gasteiger charge is 2.32. The molecule has 3 aromatic carbocycles. The van der Waals surface area contributed by atoms with Crippen LogP contribution in [0.2, 0.25) is 0 Å². The molecular formula is C30H39BO3. The maximum absolute atomic E-state index is 6.41. The Morgan fingerprint density at radius 3 is 0.971 bits per heavy atom. The minimum Gasteiger partial charge on any atom is -0.489 e. The van der Waals surface area contributed by atoms with Gasteiger partial charge < -0.3 is 14.0 Å². The summed E-state index contributed by atoms with van der Waals surface area (Å²) in [5.74, 6) is 2.41. The van der Waals surface area contributed by atoms with Gasteiger partial charge in [0.15, 0.2) is 0 Å². The van der Waals surface area contributed by atoms with E-state index in [2.05, 4.69) is 77.9 Å². The molecule has 0 bridgehead atoms. The summed E-state index contributed by atoms with van der Waals surface area (Å²) in [6.45, 7) is 13.0. The van der Waals surface area contributed by atoms with Crippen molar-refractivity contribution in [2.24, 2.45) is 0 Å². The summed E-state index contributed by atoms with van der Waals surface area (Å²) in [7, 11) is -0.895. The van der Waals surface area contributed by atoms with Gasteiger partial charge >= 0.3 is 7.32 Å². The number of hydrogen-bond acceptors (Lipinski definition) is 3. The molecule has 3 rings (SSSR count). The maximum atomic E-state index is 6.41. The van der Waals surface area contributed by atoms with Gasteiger partial charge in [0.2, 0.25) is 0 Å². The third-order valence-electron chi connectivity index (χ3n) is 6.41. The molecule has 3 aromatic rings. The van der Waals surface area contributed by atoms with Gasteiger partial charge in [-0.1, -0.05) is 77.9 Å². The van der Waals surface area contributed by atoms with Crippen molar-refractivity contribution in [2.45, 2.75) is 80.1 Å². The van der Waals surface area contributed by atoms with Gasteiger partial charge in [-0.2, -0.15) is 0 Å². The van der Waals surface area contributed by atoms with E-state index in [0.29, 0.717) is 0 Å². The van der Waals surface area contributed by atoms with Crippen LogP contribution in [0.5, 0.6) is 17.2 Å². The third-order valence-corrected chi connectivity index (χ3v) is 6.41. The molecule has 0 saturated heterocycles. The van der Waals surface area contributed by atoms with E-state index in [1.807, 2.05) is 18.2 Å². The lowest BCUT2D eigenvalue weighted by Crippen LogP contribution is -2.37. The summed E-state index contributed by atoms with van der Waals surface area (Å²) >= 11 is 0. The van der Waals surface area contributed by atoms with Crippen LogP contribution in [-0.2, 0) is 38.5 Å². The van der Waals surface area contributed by atoms with Crippen LogP contribution in [-0.4, -0.2) is 7.32 Å². The van der Waals surface area contributed by atoms with Crippen LogP contribution in [0.25, 0.3) is 0 Å². The second-order valence-electron chi connectivity index (χ2n) is 8.59. The fraction of sp³-hybridized carbons (Fsp3) is 0.400. The first-order chi connectivity index (χ1) is 16.5. The van der Waals surface area contributed by atoms with Gasteiger partial charge in [0.25, 0.3) is 0 Å². The van der Waals surface area contributed by atoms with Crippen LogP contribution >= 0.6 is 0 Å². The molecule has 0 aliphatic rings. The average Bonchev–Trinajstić information content (AvgIpc) is 2.89. The molecule has 0 N–H and O–H groups in total. The van der Waals surface area contributed by atoms with Crippen LogP contribution in [0.3, 0.4) is 0 Å². The van der Waals surface area contributed by atoms with Gasteiger partial charge in [-0.3, -0.25) is 0 Å². The molecule has 3 nitrogen and oxygen atoms in total. The highest BCUT2D eigenvalue weighted by molar-refractivity contribution is 6.39. The topological polar surface area (TPSA) is 27.7 Å². The normalized spacial score (nSPS) is 10.8. The minimum absolute atomic E-state index is 0.802. The van der Waals surface area contributed by atoms with Gasteiger partial charge in [0.05, 0.1) is 0 Å². The van der Waals surface area contributed by atoms with Crippen molar-refractivity contribution in [3.8, 4) is 17.2 Å². The summed E-state index contributed by atoms with van der Waals surface area (Å²) in [6, 6.07) is 19.1. The molecule has 0 aliphatic heterocycles. The van der Waals surface area contributed by atoms with Crippen LogP contribution < -0.4 is 14.0 Å². The van der Waals surface area contributed by atoms with Gasteiger partial charge in [-0.05, 0) is 90.1 Å². The highest BCUT2D eigenvalue weighted by Crippen LogP contribution is 2.28. The molecule has 0 radical (unpaired) electrons. The molecule has 0 spiro atoms. The summed E-state index contributed by atoms with van der Waals surface area (Å²) in [5, 5.41) is 0. The number of rotatable bonds is 12. The highest BCUT2D eigenvalue weighted by atomic mass is 16.7. The summed E-state index contributed by atoms with van der Waals surface area (Å²) in [4.78, 5) is 0. The van der Waals surface area contributed by atoms with E-state index < -0.39 is 7.32 Å². The van der Waals surface area contributed by atoms with Crippen molar-refractivity contribution < 1.29 is 14.0 Å². The molecule has 34 heavy (non-hydrogen) atoms. The van der Waals surface area contributed by atoms with Gasteiger partial charge in [-0.15, -0.1) is 0 Å². The monoisotopic (exact) mass is 458 g/mol. The predicted molar refractivity (Wildman–Crippen MR) is 143 cm³/mol. The van der Waals surface area contributed by atoms with Crippen molar-refractivity contribution in [3.63, 3.8) is 0 Å². The van der Waals surface area contributed by atoms with E-state index in [9.17, 15) is 0 Å². The van der Waals surface area contributed by atoms with Gasteiger partial charge in [0.1, 0.15) is 17.2 Å². The Labute approximate surface area is 206 Å². The number of aryl methyl sites for hydroxylation is 6. The molecule has 0 aromatic heterocycles. The molecular weight excluding hydrogens is 419 g/mol. The van der Waals surface area contributed by atoms with Crippen molar-refractivity contribution in [1.82, 2.24) is 0 Å². The lowest BCUT2D eigenvalue weighted by molar-refractivity contribution is 0.303. The Morgan fingerprint density at radius 2 is 0.735 bits per heavy atom. The predicted octanol–water partition coefficient (Wildman–Crippen LogP) is 7.58. The third kappa shape index (κ3) is 6.37. The standard InChI is InChI=1S/C30H39BO3/c1-7-22-13-16-28(25(10-4)19-22)32-31(33-29-17-14-23(8-2)20-26(29)11-5)34-30-18-15-24(9-3)21-27(30)12-6/h13-21H,7-12H2,1-6H3. The Kier molecular flexibility index (Phi) is 9.50. The fourth-order valence-electron chi connectivity index (χ4n) is 4.12. The first kappa shape index (κ1) is 25.7. The number of benzene rings is 3. The van der Waals surface area contributed by atoms with Crippen molar-refractivity contribution in [1.29, 1.82) is 0 Å². The molecule has 4 heteroatoms. The first-order valence-corrected chi connectivity index (χ1v) is 12.9. The molecule has 0 amide bonds. The fourth-order valence-corrected chi connectivity index (χ4v) is 4.12. The summed E-state index contributed by atoms with van der Waals surface area (Å²) in [6.07, 6.45) is 5.64.